The number of nitrogens with zero attached hydrogens (tertiary/aromatic N) is 1. The second-order valence-electron chi connectivity index (χ2n) is 4.23. The zero-order chi connectivity index (χ0) is 13.5. The lowest BCUT2D eigenvalue weighted by Crippen LogP contribution is -2.35. The Bertz CT molecular complexity index is 409. The molecule has 0 saturated heterocycles. The summed E-state index contributed by atoms with van der Waals surface area (Å²) >= 11 is 0. The number of rotatable bonds is 7. The molecule has 1 rings (SSSR count). The summed E-state index contributed by atoms with van der Waals surface area (Å²) < 4.78 is 13.9. The van der Waals surface area contributed by atoms with Gasteiger partial charge in [0.15, 0.2) is 0 Å². The fourth-order valence-electron chi connectivity index (χ4n) is 1.76. The Labute approximate surface area is 107 Å². The Morgan fingerprint density at radius 2 is 2.17 bits per heavy atom. The van der Waals surface area contributed by atoms with E-state index < -0.39 is 5.91 Å². The van der Waals surface area contributed by atoms with Gasteiger partial charge in [0.25, 0.3) is 0 Å². The molecule has 0 heterocycles. The summed E-state index contributed by atoms with van der Waals surface area (Å²) in [7, 11) is 0. The van der Waals surface area contributed by atoms with E-state index in [1.165, 1.54) is 6.07 Å². The van der Waals surface area contributed by atoms with E-state index in [9.17, 15) is 9.18 Å². The number of nitrogens with two attached hydrogens (primary N) is 2. The molecule has 0 aliphatic heterocycles. The van der Waals surface area contributed by atoms with Gasteiger partial charge >= 0.3 is 0 Å². The molecule has 1 aromatic rings. The number of anilines is 1. The Morgan fingerprint density at radius 3 is 2.67 bits per heavy atom. The van der Waals surface area contributed by atoms with Crippen molar-refractivity contribution in [2.45, 2.75) is 26.3 Å². The van der Waals surface area contributed by atoms with Crippen molar-refractivity contribution in [3.8, 4) is 0 Å². The Hall–Kier alpha value is -1.62. The van der Waals surface area contributed by atoms with E-state index >= 15 is 0 Å². The Morgan fingerprint density at radius 1 is 1.44 bits per heavy atom. The minimum atomic E-state index is -0.464. The summed E-state index contributed by atoms with van der Waals surface area (Å²) in [4.78, 5) is 12.7. The maximum absolute atomic E-state index is 13.9. The van der Waals surface area contributed by atoms with Gasteiger partial charge in [-0.15, -0.1) is 0 Å². The van der Waals surface area contributed by atoms with Gasteiger partial charge in [-0.25, -0.2) is 4.39 Å². The standard InChI is InChI=1S/C13H20FN3O/c1-2-3-6-17(9-13(16)18)12-5-4-10(8-15)7-11(12)14/h4-5,7H,2-3,6,8-9,15H2,1H3,(H2,16,18). The van der Waals surface area contributed by atoms with Gasteiger partial charge in [-0.3, -0.25) is 4.79 Å². The van der Waals surface area contributed by atoms with Crippen LogP contribution in [0.15, 0.2) is 18.2 Å². The van der Waals surface area contributed by atoms with Crippen LogP contribution in [0.3, 0.4) is 0 Å². The minimum absolute atomic E-state index is 0.0267. The Balaban J connectivity index is 2.92. The van der Waals surface area contributed by atoms with Crippen LogP contribution in [-0.4, -0.2) is 19.0 Å². The molecule has 0 aliphatic rings. The van der Waals surface area contributed by atoms with E-state index in [0.717, 1.165) is 18.4 Å². The first-order valence-corrected chi connectivity index (χ1v) is 6.10. The summed E-state index contributed by atoms with van der Waals surface area (Å²) in [5, 5.41) is 0. The molecule has 5 heteroatoms. The van der Waals surface area contributed by atoms with Gasteiger partial charge in [0.05, 0.1) is 12.2 Å². The molecule has 0 radical (unpaired) electrons. The molecule has 18 heavy (non-hydrogen) atoms. The lowest BCUT2D eigenvalue weighted by atomic mass is 10.1. The second kappa shape index (κ2) is 6.96. The minimum Gasteiger partial charge on any atom is -0.368 e. The highest BCUT2D eigenvalue weighted by molar-refractivity contribution is 5.79. The first-order chi connectivity index (χ1) is 8.58. The van der Waals surface area contributed by atoms with Gasteiger partial charge in [-0.05, 0) is 24.1 Å². The van der Waals surface area contributed by atoms with E-state index in [4.69, 9.17) is 11.5 Å². The van der Waals surface area contributed by atoms with E-state index in [1.54, 1.807) is 17.0 Å². The maximum Gasteiger partial charge on any atom is 0.236 e. The highest BCUT2D eigenvalue weighted by atomic mass is 19.1. The number of benzene rings is 1. The molecule has 0 spiro atoms. The molecule has 4 nitrogen and oxygen atoms in total. The summed E-state index contributed by atoms with van der Waals surface area (Å²) in [6, 6.07) is 4.81. The first-order valence-electron chi connectivity index (χ1n) is 6.10. The van der Waals surface area contributed by atoms with Crippen molar-refractivity contribution in [3.63, 3.8) is 0 Å². The van der Waals surface area contributed by atoms with Crippen molar-refractivity contribution in [3.05, 3.63) is 29.6 Å². The lowest BCUT2D eigenvalue weighted by Gasteiger charge is -2.23. The summed E-state index contributed by atoms with van der Waals surface area (Å²) in [6.45, 7) is 2.97. The summed E-state index contributed by atoms with van der Waals surface area (Å²) in [5.41, 5.74) is 11.8. The van der Waals surface area contributed by atoms with Crippen LogP contribution in [0, 0.1) is 5.82 Å². The molecule has 100 valence electrons. The van der Waals surface area contributed by atoms with E-state index in [1.807, 2.05) is 6.92 Å². The Kier molecular flexibility index (Phi) is 5.58. The summed E-state index contributed by atoms with van der Waals surface area (Å²) in [6.07, 6.45) is 1.85. The number of unbranched alkanes of at least 4 members (excludes halogenated alkanes) is 1. The van der Waals surface area contributed by atoms with Gasteiger partial charge in [0, 0.05) is 13.1 Å². The molecule has 0 atom stereocenters. The van der Waals surface area contributed by atoms with Crippen LogP contribution in [0.1, 0.15) is 25.3 Å². The normalized spacial score (nSPS) is 10.4. The van der Waals surface area contributed by atoms with Crippen molar-refractivity contribution in [2.75, 3.05) is 18.0 Å². The molecule has 0 fully saturated rings. The highest BCUT2D eigenvalue weighted by Crippen LogP contribution is 2.20. The van der Waals surface area contributed by atoms with Crippen LogP contribution in [0.4, 0.5) is 10.1 Å². The number of halogens is 1. The quantitative estimate of drug-likeness (QED) is 0.771. The van der Waals surface area contributed by atoms with Gasteiger partial charge in [-0.1, -0.05) is 19.4 Å². The number of primary amides is 1. The zero-order valence-electron chi connectivity index (χ0n) is 10.7. The summed E-state index contributed by atoms with van der Waals surface area (Å²) in [5.74, 6) is -0.830. The average molecular weight is 253 g/mol. The van der Waals surface area contributed by atoms with E-state index in [-0.39, 0.29) is 12.4 Å². The molecule has 1 amide bonds. The van der Waals surface area contributed by atoms with Crippen molar-refractivity contribution in [2.24, 2.45) is 11.5 Å². The number of hydrogen-bond donors (Lipinski definition) is 2. The van der Waals surface area contributed by atoms with Crippen molar-refractivity contribution in [1.29, 1.82) is 0 Å². The van der Waals surface area contributed by atoms with Crippen molar-refractivity contribution < 1.29 is 9.18 Å². The third kappa shape index (κ3) is 4.00. The SMILES string of the molecule is CCCCN(CC(N)=O)c1ccc(CN)cc1F. The van der Waals surface area contributed by atoms with Crippen LogP contribution in [0.2, 0.25) is 0 Å². The van der Waals surface area contributed by atoms with E-state index in [0.29, 0.717) is 18.8 Å². The van der Waals surface area contributed by atoms with Crippen LogP contribution in [-0.2, 0) is 11.3 Å². The average Bonchev–Trinajstić information content (AvgIpc) is 2.34. The third-order valence-corrected chi connectivity index (χ3v) is 2.72. The molecule has 0 unspecified atom stereocenters. The highest BCUT2D eigenvalue weighted by Gasteiger charge is 2.13. The molecular weight excluding hydrogens is 233 g/mol. The fourth-order valence-corrected chi connectivity index (χ4v) is 1.76. The number of amides is 1. The lowest BCUT2D eigenvalue weighted by molar-refractivity contribution is -0.116. The van der Waals surface area contributed by atoms with Gasteiger partial charge in [0.1, 0.15) is 5.82 Å². The van der Waals surface area contributed by atoms with Gasteiger partial charge in [-0.2, -0.15) is 0 Å². The molecule has 1 aromatic carbocycles. The van der Waals surface area contributed by atoms with Gasteiger partial charge in [0.2, 0.25) is 5.91 Å². The molecule has 0 aromatic heterocycles. The zero-order valence-corrected chi connectivity index (χ0v) is 10.7. The van der Waals surface area contributed by atoms with Crippen LogP contribution < -0.4 is 16.4 Å². The monoisotopic (exact) mass is 253 g/mol. The van der Waals surface area contributed by atoms with Gasteiger partial charge < -0.3 is 16.4 Å². The van der Waals surface area contributed by atoms with Crippen LogP contribution in [0.5, 0.6) is 0 Å². The largest absolute Gasteiger partial charge is 0.368 e. The topological polar surface area (TPSA) is 72.3 Å². The molecule has 0 bridgehead atoms. The molecular formula is C13H20FN3O. The van der Waals surface area contributed by atoms with Crippen molar-refractivity contribution >= 4 is 11.6 Å². The second-order valence-corrected chi connectivity index (χ2v) is 4.23. The van der Waals surface area contributed by atoms with Crippen LogP contribution in [0.25, 0.3) is 0 Å². The first kappa shape index (κ1) is 14.4. The third-order valence-electron chi connectivity index (χ3n) is 2.72. The maximum atomic E-state index is 13.9. The molecule has 0 saturated carbocycles. The number of carbonyl (C=O) groups is 1. The van der Waals surface area contributed by atoms with Crippen molar-refractivity contribution in [1.82, 2.24) is 0 Å². The number of carbonyl (C=O) groups excluding carboxylic acids is 1. The smallest absolute Gasteiger partial charge is 0.236 e. The van der Waals surface area contributed by atoms with Crippen LogP contribution >= 0.6 is 0 Å². The predicted octanol–water partition coefficient (Wildman–Crippen LogP) is 1.38. The number of hydrogen-bond acceptors (Lipinski definition) is 3. The predicted molar refractivity (Wildman–Crippen MR) is 70.6 cm³/mol. The van der Waals surface area contributed by atoms with E-state index in [2.05, 4.69) is 0 Å². The fraction of sp³-hybridized carbons (Fsp3) is 0.462. The molecule has 0 aliphatic carbocycles. The molecule has 4 N–H and O–H groups in total.